The molecule has 0 unspecified atom stereocenters. The quantitative estimate of drug-likeness (QED) is 0.533. The van der Waals surface area contributed by atoms with Crippen LogP contribution in [0, 0.1) is 17.8 Å². The van der Waals surface area contributed by atoms with E-state index in [2.05, 4.69) is 6.58 Å². The first-order valence-electron chi connectivity index (χ1n) is 5.59. The van der Waals surface area contributed by atoms with Gasteiger partial charge < -0.3 is 4.74 Å². The van der Waals surface area contributed by atoms with Crippen molar-refractivity contribution in [1.29, 1.82) is 0 Å². The van der Waals surface area contributed by atoms with Crippen molar-refractivity contribution >= 4 is 5.97 Å². The van der Waals surface area contributed by atoms with Crippen molar-refractivity contribution in [3.63, 3.8) is 0 Å². The van der Waals surface area contributed by atoms with Gasteiger partial charge in [-0.2, -0.15) is 13.2 Å². The minimum absolute atomic E-state index is 0.0266. The van der Waals surface area contributed by atoms with Gasteiger partial charge in [-0.1, -0.05) is 19.9 Å². The van der Waals surface area contributed by atoms with Crippen LogP contribution >= 0.6 is 0 Å². The minimum atomic E-state index is -4.41. The summed E-state index contributed by atoms with van der Waals surface area (Å²) in [5.74, 6) is -4.38. The van der Waals surface area contributed by atoms with E-state index in [-0.39, 0.29) is 13.0 Å². The van der Waals surface area contributed by atoms with Crippen molar-refractivity contribution < 1.29 is 22.7 Å². The topological polar surface area (TPSA) is 26.3 Å². The Labute approximate surface area is 99.8 Å². The molecule has 0 bridgehead atoms. The van der Waals surface area contributed by atoms with Gasteiger partial charge in [-0.25, -0.2) is 0 Å². The number of carbonyl (C=O) groups excluding carboxylic acids is 1. The Morgan fingerprint density at radius 1 is 1.41 bits per heavy atom. The minimum Gasteiger partial charge on any atom is -0.466 e. The number of ether oxygens (including phenoxy) is 1. The van der Waals surface area contributed by atoms with Crippen LogP contribution in [0.1, 0.15) is 27.2 Å². The second kappa shape index (κ2) is 6.67. The number of hydrogen-bond donors (Lipinski definition) is 0. The second-order valence-corrected chi connectivity index (χ2v) is 4.19. The van der Waals surface area contributed by atoms with Gasteiger partial charge in [0.15, 0.2) is 0 Å². The number of allylic oxidation sites excluding steroid dienone is 1. The van der Waals surface area contributed by atoms with E-state index in [1.165, 1.54) is 19.9 Å². The average molecular weight is 252 g/mol. The zero-order valence-electron chi connectivity index (χ0n) is 10.4. The summed E-state index contributed by atoms with van der Waals surface area (Å²) < 4.78 is 43.4. The first-order valence-corrected chi connectivity index (χ1v) is 5.59. The number of esters is 1. The summed E-state index contributed by atoms with van der Waals surface area (Å²) in [6, 6.07) is 0. The lowest BCUT2D eigenvalue weighted by Gasteiger charge is -2.29. The molecule has 0 aliphatic heterocycles. The van der Waals surface area contributed by atoms with Crippen LogP contribution in [0.2, 0.25) is 0 Å². The maximum absolute atomic E-state index is 12.9. The zero-order valence-corrected chi connectivity index (χ0v) is 10.4. The van der Waals surface area contributed by atoms with Crippen molar-refractivity contribution in [3.05, 3.63) is 12.7 Å². The van der Waals surface area contributed by atoms with Crippen molar-refractivity contribution in [2.75, 3.05) is 6.61 Å². The van der Waals surface area contributed by atoms with Crippen LogP contribution in [0.4, 0.5) is 13.2 Å². The highest BCUT2D eigenvalue weighted by atomic mass is 19.4. The maximum Gasteiger partial charge on any atom is 0.392 e. The molecule has 0 fully saturated rings. The largest absolute Gasteiger partial charge is 0.466 e. The summed E-state index contributed by atoms with van der Waals surface area (Å²) in [6.45, 7) is 7.94. The van der Waals surface area contributed by atoms with Crippen LogP contribution in [0.15, 0.2) is 12.7 Å². The fourth-order valence-electron chi connectivity index (χ4n) is 1.89. The van der Waals surface area contributed by atoms with Gasteiger partial charge in [-0.3, -0.25) is 4.79 Å². The monoisotopic (exact) mass is 252 g/mol. The summed E-state index contributed by atoms with van der Waals surface area (Å²) in [5.41, 5.74) is 0. The van der Waals surface area contributed by atoms with E-state index < -0.39 is 29.9 Å². The first kappa shape index (κ1) is 16.0. The van der Waals surface area contributed by atoms with Crippen LogP contribution in [0.5, 0.6) is 0 Å². The lowest BCUT2D eigenvalue weighted by atomic mass is 9.81. The summed E-state index contributed by atoms with van der Waals surface area (Å²) >= 11 is 0. The van der Waals surface area contributed by atoms with Crippen LogP contribution in [0.25, 0.3) is 0 Å². The Kier molecular flexibility index (Phi) is 6.27. The van der Waals surface area contributed by atoms with Crippen LogP contribution in [-0.4, -0.2) is 18.8 Å². The Hall–Kier alpha value is -1.00. The molecule has 17 heavy (non-hydrogen) atoms. The van der Waals surface area contributed by atoms with Crippen molar-refractivity contribution in [2.24, 2.45) is 17.8 Å². The zero-order chi connectivity index (χ0) is 13.6. The Bertz CT molecular complexity index is 259. The van der Waals surface area contributed by atoms with Gasteiger partial charge in [0.25, 0.3) is 0 Å². The summed E-state index contributed by atoms with van der Waals surface area (Å²) in [4.78, 5) is 11.6. The van der Waals surface area contributed by atoms with Crippen LogP contribution < -0.4 is 0 Å². The molecule has 100 valence electrons. The molecular weight excluding hydrogens is 233 g/mol. The summed E-state index contributed by atoms with van der Waals surface area (Å²) in [5, 5.41) is 0. The lowest BCUT2D eigenvalue weighted by molar-refractivity contribution is -0.208. The van der Waals surface area contributed by atoms with Crippen molar-refractivity contribution in [1.82, 2.24) is 0 Å². The number of carbonyl (C=O) groups is 1. The number of rotatable bonds is 6. The molecule has 5 heteroatoms. The van der Waals surface area contributed by atoms with Gasteiger partial charge in [-0.05, 0) is 19.3 Å². The standard InChI is InChI=1S/C12H19F3O2/c1-5-7-9(11(16)17-6-2)10(8(3)4)12(13,14)15/h5,8-10H,1,6-7H2,2-4H3/t9-,10-/m1/s1. The third-order valence-electron chi connectivity index (χ3n) is 2.54. The lowest BCUT2D eigenvalue weighted by Crippen LogP contribution is -2.39. The van der Waals surface area contributed by atoms with Gasteiger partial charge in [0, 0.05) is 0 Å². The second-order valence-electron chi connectivity index (χ2n) is 4.19. The van der Waals surface area contributed by atoms with Crippen molar-refractivity contribution in [3.8, 4) is 0 Å². The highest BCUT2D eigenvalue weighted by molar-refractivity contribution is 5.73. The Morgan fingerprint density at radius 2 is 1.94 bits per heavy atom. The van der Waals surface area contributed by atoms with Gasteiger partial charge in [0.1, 0.15) is 0 Å². The summed E-state index contributed by atoms with van der Waals surface area (Å²) in [7, 11) is 0. The van der Waals surface area contributed by atoms with Crippen LogP contribution in [-0.2, 0) is 9.53 Å². The molecule has 0 aromatic carbocycles. The molecule has 0 N–H and O–H groups in total. The van der Waals surface area contributed by atoms with Crippen molar-refractivity contribution in [2.45, 2.75) is 33.4 Å². The van der Waals surface area contributed by atoms with E-state index in [1.807, 2.05) is 0 Å². The molecule has 0 saturated heterocycles. The van der Waals surface area contributed by atoms with Gasteiger partial charge >= 0.3 is 12.1 Å². The highest BCUT2D eigenvalue weighted by Crippen LogP contribution is 2.39. The normalized spacial score (nSPS) is 15.5. The molecule has 0 aliphatic carbocycles. The molecule has 2 atom stereocenters. The predicted octanol–water partition coefficient (Wildman–Crippen LogP) is 3.58. The molecule has 0 spiro atoms. The van der Waals surface area contributed by atoms with E-state index in [1.54, 1.807) is 6.92 Å². The number of hydrogen-bond acceptors (Lipinski definition) is 2. The number of halogens is 3. The fourth-order valence-corrected chi connectivity index (χ4v) is 1.89. The molecule has 0 aliphatic rings. The first-order chi connectivity index (χ1) is 7.75. The van der Waals surface area contributed by atoms with Gasteiger partial charge in [0.2, 0.25) is 0 Å². The third kappa shape index (κ3) is 4.79. The summed E-state index contributed by atoms with van der Waals surface area (Å²) in [6.07, 6.45) is -3.11. The Morgan fingerprint density at radius 3 is 2.24 bits per heavy atom. The van der Waals surface area contributed by atoms with Gasteiger partial charge in [0.05, 0.1) is 18.4 Å². The third-order valence-corrected chi connectivity index (χ3v) is 2.54. The Balaban J connectivity index is 5.09. The highest BCUT2D eigenvalue weighted by Gasteiger charge is 2.48. The van der Waals surface area contributed by atoms with Gasteiger partial charge in [-0.15, -0.1) is 6.58 Å². The fraction of sp³-hybridized carbons (Fsp3) is 0.750. The van der Waals surface area contributed by atoms with E-state index in [0.29, 0.717) is 0 Å². The van der Waals surface area contributed by atoms with E-state index >= 15 is 0 Å². The molecule has 0 radical (unpaired) electrons. The maximum atomic E-state index is 12.9. The molecule has 0 aromatic rings. The van der Waals surface area contributed by atoms with Crippen LogP contribution in [0.3, 0.4) is 0 Å². The molecule has 0 saturated carbocycles. The molecule has 0 aromatic heterocycles. The number of alkyl halides is 3. The smallest absolute Gasteiger partial charge is 0.392 e. The van der Waals surface area contributed by atoms with E-state index in [0.717, 1.165) is 0 Å². The predicted molar refractivity (Wildman–Crippen MR) is 59.3 cm³/mol. The van der Waals surface area contributed by atoms with E-state index in [4.69, 9.17) is 4.74 Å². The van der Waals surface area contributed by atoms with E-state index in [9.17, 15) is 18.0 Å². The molecule has 0 rings (SSSR count). The molecule has 0 heterocycles. The molecule has 0 amide bonds. The SMILES string of the molecule is C=CC[C@@H](C(=O)OCC)[C@@H](C(C)C)C(F)(F)F. The molecular formula is C12H19F3O2. The average Bonchev–Trinajstić information content (AvgIpc) is 2.14. The molecule has 2 nitrogen and oxygen atoms in total.